The molecule has 0 aliphatic rings. The molecule has 1 heterocycles. The van der Waals surface area contributed by atoms with Crippen LogP contribution in [0, 0.1) is 5.41 Å². The number of aromatic nitrogens is 1. The molecule has 0 amide bonds. The van der Waals surface area contributed by atoms with Crippen LogP contribution in [0.5, 0.6) is 0 Å². The normalized spacial score (nSPS) is 17.9. The lowest BCUT2D eigenvalue weighted by Crippen LogP contribution is -2.41. The van der Waals surface area contributed by atoms with Gasteiger partial charge < -0.3 is 0 Å². The standard InChI is InChI=1S/C19H27NSi/c1-19(2,3)13-16-12-17(15-10-8-7-9-11-15)20-14-18(16)21(4,5)6/h7-12,14H,13H2,1-6H3/i4D3,5D3. The number of nitrogens with zero attached hydrogens (tertiary/aromatic N) is 1. The fourth-order valence-corrected chi connectivity index (χ4v) is 3.56. The maximum absolute atomic E-state index is 8.03. The molecule has 0 N–H and O–H groups in total. The van der Waals surface area contributed by atoms with Gasteiger partial charge in [0.05, 0.1) is 13.8 Å². The molecule has 2 heteroatoms. The Bertz CT molecular complexity index is 777. The molecule has 2 rings (SSSR count). The molecular formula is C19H27NSi. The monoisotopic (exact) mass is 303 g/mol. The van der Waals surface area contributed by atoms with Crippen molar-refractivity contribution in [2.75, 3.05) is 0 Å². The Morgan fingerprint density at radius 2 is 1.81 bits per heavy atom. The van der Waals surface area contributed by atoms with E-state index in [0.717, 1.165) is 16.8 Å². The van der Waals surface area contributed by atoms with E-state index in [1.165, 1.54) is 12.7 Å². The number of rotatable bonds is 3. The van der Waals surface area contributed by atoms with Crippen LogP contribution in [0.3, 0.4) is 0 Å². The van der Waals surface area contributed by atoms with E-state index in [1.54, 1.807) is 0 Å². The summed E-state index contributed by atoms with van der Waals surface area (Å²) >= 11 is 0. The van der Waals surface area contributed by atoms with E-state index in [4.69, 9.17) is 8.22 Å². The van der Waals surface area contributed by atoms with Crippen LogP contribution in [0.2, 0.25) is 19.5 Å². The summed E-state index contributed by atoms with van der Waals surface area (Å²) in [4.78, 5) is 4.47. The molecule has 1 aromatic carbocycles. The van der Waals surface area contributed by atoms with Gasteiger partial charge in [0.2, 0.25) is 0 Å². The molecule has 21 heavy (non-hydrogen) atoms. The van der Waals surface area contributed by atoms with E-state index in [0.29, 0.717) is 11.6 Å². The quantitative estimate of drug-likeness (QED) is 0.736. The summed E-state index contributed by atoms with van der Waals surface area (Å²) in [5.41, 5.74) is 2.30. The van der Waals surface area contributed by atoms with Crippen LogP contribution in [0.25, 0.3) is 11.3 Å². The third-order valence-corrected chi connectivity index (χ3v) is 4.85. The lowest BCUT2D eigenvalue weighted by Gasteiger charge is -2.26. The summed E-state index contributed by atoms with van der Waals surface area (Å²) in [5, 5.41) is 0.414. The minimum Gasteiger partial charge on any atom is -0.256 e. The van der Waals surface area contributed by atoms with Crippen molar-refractivity contribution in [1.82, 2.24) is 4.98 Å². The topological polar surface area (TPSA) is 12.9 Å². The Morgan fingerprint density at radius 3 is 2.38 bits per heavy atom. The molecule has 0 aliphatic carbocycles. The van der Waals surface area contributed by atoms with Crippen LogP contribution in [-0.2, 0) is 6.42 Å². The molecule has 0 radical (unpaired) electrons. The molecule has 2 aromatic rings. The Kier molecular flexibility index (Phi) is 2.63. The fraction of sp³-hybridized carbons (Fsp3) is 0.421. The highest BCUT2D eigenvalue weighted by Crippen LogP contribution is 2.24. The van der Waals surface area contributed by atoms with Gasteiger partial charge in [-0.2, -0.15) is 0 Å². The summed E-state index contributed by atoms with van der Waals surface area (Å²) in [6.07, 6.45) is 2.09. The van der Waals surface area contributed by atoms with Crippen molar-refractivity contribution in [3.63, 3.8) is 0 Å². The first-order valence-electron chi connectivity index (χ1n) is 10.2. The van der Waals surface area contributed by atoms with Gasteiger partial charge in [0.25, 0.3) is 0 Å². The van der Waals surface area contributed by atoms with Gasteiger partial charge in [0.15, 0.2) is 0 Å². The second-order valence-electron chi connectivity index (χ2n) is 6.96. The fourth-order valence-electron chi connectivity index (χ4n) is 2.43. The average molecular weight is 304 g/mol. The third-order valence-electron chi connectivity index (χ3n) is 3.32. The molecule has 1 aromatic heterocycles. The molecule has 0 aliphatic heterocycles. The number of pyridine rings is 1. The minimum atomic E-state index is -3.86. The third kappa shape index (κ3) is 4.27. The van der Waals surface area contributed by atoms with Crippen molar-refractivity contribution < 1.29 is 8.22 Å². The predicted molar refractivity (Wildman–Crippen MR) is 95.8 cm³/mol. The van der Waals surface area contributed by atoms with Gasteiger partial charge in [0.1, 0.15) is 0 Å². The first-order valence-corrected chi connectivity index (χ1v) is 9.72. The molecule has 0 bridgehead atoms. The second kappa shape index (κ2) is 5.76. The number of benzene rings is 1. The summed E-state index contributed by atoms with van der Waals surface area (Å²) in [6, 6.07) is 11.5. The minimum absolute atomic E-state index is 0.122. The van der Waals surface area contributed by atoms with Crippen LogP contribution >= 0.6 is 0 Å². The molecule has 0 saturated carbocycles. The Hall–Kier alpha value is -1.41. The maximum Gasteiger partial charge on any atom is 0.0799 e. The summed E-state index contributed by atoms with van der Waals surface area (Å²) in [6.45, 7) is 2.51. The van der Waals surface area contributed by atoms with Crippen molar-refractivity contribution in [3.05, 3.63) is 48.2 Å². The van der Waals surface area contributed by atoms with Crippen molar-refractivity contribution in [3.8, 4) is 11.3 Å². The van der Waals surface area contributed by atoms with E-state index in [2.05, 4.69) is 25.8 Å². The van der Waals surface area contributed by atoms with Crippen molar-refractivity contribution in [2.24, 2.45) is 5.41 Å². The zero-order valence-electron chi connectivity index (χ0n) is 19.2. The summed E-state index contributed by atoms with van der Waals surface area (Å²) in [7, 11) is -3.86. The summed E-state index contributed by atoms with van der Waals surface area (Å²) < 4.78 is 48.2. The van der Waals surface area contributed by atoms with Crippen LogP contribution in [0.4, 0.5) is 0 Å². The highest BCUT2D eigenvalue weighted by molar-refractivity contribution is 6.89. The molecule has 0 saturated heterocycles. The average Bonchev–Trinajstić information content (AvgIpc) is 2.51. The van der Waals surface area contributed by atoms with Crippen LogP contribution in [-0.4, -0.2) is 13.1 Å². The van der Waals surface area contributed by atoms with Gasteiger partial charge in [-0.1, -0.05) is 70.6 Å². The largest absolute Gasteiger partial charge is 0.256 e. The molecule has 0 spiro atoms. The van der Waals surface area contributed by atoms with E-state index < -0.39 is 21.0 Å². The highest BCUT2D eigenvalue weighted by Gasteiger charge is 2.24. The Labute approximate surface area is 138 Å². The first kappa shape index (κ1) is 9.57. The molecule has 1 nitrogen and oxygen atoms in total. The van der Waals surface area contributed by atoms with Gasteiger partial charge in [-0.15, -0.1) is 0 Å². The van der Waals surface area contributed by atoms with Gasteiger partial charge in [-0.3, -0.25) is 4.98 Å². The lowest BCUT2D eigenvalue weighted by atomic mass is 9.88. The smallest absolute Gasteiger partial charge is 0.0799 e. The summed E-state index contributed by atoms with van der Waals surface area (Å²) in [5.74, 6) is 0. The zero-order chi connectivity index (χ0) is 20.7. The van der Waals surface area contributed by atoms with Crippen molar-refractivity contribution in [2.45, 2.75) is 46.7 Å². The van der Waals surface area contributed by atoms with E-state index in [1.807, 2.05) is 36.4 Å². The highest BCUT2D eigenvalue weighted by atomic mass is 28.3. The van der Waals surface area contributed by atoms with E-state index >= 15 is 0 Å². The Morgan fingerprint density at radius 1 is 1.14 bits per heavy atom. The molecule has 0 atom stereocenters. The van der Waals surface area contributed by atoms with Crippen LogP contribution < -0.4 is 5.19 Å². The SMILES string of the molecule is [2H]C([2H])([2H])[Si](C)(c1cnc(-c2ccccc2)cc1CC(C)(C)C)C([2H])([2H])[2H]. The van der Waals surface area contributed by atoms with E-state index in [9.17, 15) is 0 Å². The van der Waals surface area contributed by atoms with Crippen LogP contribution in [0.15, 0.2) is 42.6 Å². The van der Waals surface area contributed by atoms with Crippen molar-refractivity contribution in [1.29, 1.82) is 0 Å². The molecule has 0 unspecified atom stereocenters. The van der Waals surface area contributed by atoms with Crippen molar-refractivity contribution >= 4 is 13.3 Å². The van der Waals surface area contributed by atoms with Crippen LogP contribution in [0.1, 0.15) is 34.6 Å². The maximum atomic E-state index is 8.03. The molecular weight excluding hydrogens is 270 g/mol. The Balaban J connectivity index is 2.75. The predicted octanol–water partition coefficient (Wildman–Crippen LogP) is 4.88. The number of hydrogen-bond acceptors (Lipinski definition) is 1. The lowest BCUT2D eigenvalue weighted by molar-refractivity contribution is 0.412. The van der Waals surface area contributed by atoms with Gasteiger partial charge in [0, 0.05) is 20.0 Å². The van der Waals surface area contributed by atoms with Gasteiger partial charge in [-0.25, -0.2) is 0 Å². The molecule has 0 fully saturated rings. The van der Waals surface area contributed by atoms with E-state index in [-0.39, 0.29) is 5.41 Å². The van der Waals surface area contributed by atoms with Gasteiger partial charge >= 0.3 is 0 Å². The number of hydrogen-bond donors (Lipinski definition) is 0. The molecule has 112 valence electrons. The van der Waals surface area contributed by atoms with Gasteiger partial charge in [-0.05, 0) is 28.7 Å². The zero-order valence-corrected chi connectivity index (χ0v) is 14.2. The second-order valence-corrected chi connectivity index (χ2v) is 9.74. The first-order chi connectivity index (χ1) is 12.2.